The molecule has 2 N–H and O–H groups in total. The molecule has 0 saturated heterocycles. The molecule has 23 heavy (non-hydrogen) atoms. The molecule has 0 bridgehead atoms. The first kappa shape index (κ1) is 17.2. The Kier molecular flexibility index (Phi) is 5.96. The first-order valence-electron chi connectivity index (χ1n) is 7.00. The molecule has 2 rings (SSSR count). The molecule has 2 aromatic rings. The summed E-state index contributed by atoms with van der Waals surface area (Å²) in [6, 6.07) is 12.9. The number of rotatable bonds is 4. The van der Waals surface area contributed by atoms with E-state index in [9.17, 15) is 4.79 Å². The number of carbonyl (C=O) groups is 1. The topological polar surface area (TPSA) is 50.4 Å². The van der Waals surface area contributed by atoms with E-state index in [1.165, 1.54) is 0 Å². The highest BCUT2D eigenvalue weighted by Crippen LogP contribution is 2.21. The molecular formula is C17H17ClN2O2S. The number of nitrogens with one attached hydrogen (secondary N) is 2. The van der Waals surface area contributed by atoms with Gasteiger partial charge < -0.3 is 10.1 Å². The van der Waals surface area contributed by atoms with E-state index in [0.29, 0.717) is 10.8 Å². The summed E-state index contributed by atoms with van der Waals surface area (Å²) in [4.78, 5) is 11.9. The third kappa shape index (κ3) is 5.54. The normalized spacial score (nSPS) is 10.0. The van der Waals surface area contributed by atoms with Gasteiger partial charge >= 0.3 is 0 Å². The van der Waals surface area contributed by atoms with Crippen molar-refractivity contribution in [2.75, 3.05) is 11.9 Å². The van der Waals surface area contributed by atoms with Gasteiger partial charge in [-0.2, -0.15) is 0 Å². The van der Waals surface area contributed by atoms with Crippen molar-refractivity contribution in [1.29, 1.82) is 0 Å². The Labute approximate surface area is 145 Å². The van der Waals surface area contributed by atoms with Crippen LogP contribution in [0.2, 0.25) is 5.02 Å². The molecule has 0 aliphatic rings. The van der Waals surface area contributed by atoms with Gasteiger partial charge in [-0.15, -0.1) is 0 Å². The molecule has 0 aliphatic carbocycles. The third-order valence-corrected chi connectivity index (χ3v) is 3.50. The van der Waals surface area contributed by atoms with Crippen LogP contribution in [-0.4, -0.2) is 17.6 Å². The average Bonchev–Trinajstić information content (AvgIpc) is 2.48. The highest BCUT2D eigenvalue weighted by molar-refractivity contribution is 7.80. The van der Waals surface area contributed by atoms with Crippen molar-refractivity contribution in [2.24, 2.45) is 0 Å². The number of aryl methyl sites for hydroxylation is 2. The SMILES string of the molecule is Cc1ccc(NC(=S)NC(=O)COc2ccc(Cl)cc2C)cc1. The van der Waals surface area contributed by atoms with Crippen molar-refractivity contribution in [3.8, 4) is 5.75 Å². The number of amides is 1. The predicted octanol–water partition coefficient (Wildman–Crippen LogP) is 3.85. The van der Waals surface area contributed by atoms with Crippen LogP contribution in [0, 0.1) is 13.8 Å². The summed E-state index contributed by atoms with van der Waals surface area (Å²) < 4.78 is 5.46. The first-order chi connectivity index (χ1) is 10.9. The Balaban J connectivity index is 1.82. The summed E-state index contributed by atoms with van der Waals surface area (Å²) in [6.45, 7) is 3.74. The van der Waals surface area contributed by atoms with Crippen LogP contribution >= 0.6 is 23.8 Å². The number of ether oxygens (including phenoxy) is 1. The van der Waals surface area contributed by atoms with Gasteiger partial charge in [-0.1, -0.05) is 29.3 Å². The minimum Gasteiger partial charge on any atom is -0.483 e. The highest BCUT2D eigenvalue weighted by Gasteiger charge is 2.07. The maximum Gasteiger partial charge on any atom is 0.264 e. The molecule has 0 spiro atoms. The minimum atomic E-state index is -0.330. The van der Waals surface area contributed by atoms with Crippen molar-refractivity contribution >= 4 is 40.5 Å². The van der Waals surface area contributed by atoms with Gasteiger partial charge in [-0.3, -0.25) is 10.1 Å². The lowest BCUT2D eigenvalue weighted by Crippen LogP contribution is -2.37. The zero-order valence-electron chi connectivity index (χ0n) is 12.9. The molecule has 0 saturated carbocycles. The van der Waals surface area contributed by atoms with E-state index in [1.54, 1.807) is 18.2 Å². The summed E-state index contributed by atoms with van der Waals surface area (Å²) >= 11 is 11.0. The number of anilines is 1. The molecule has 0 atom stereocenters. The number of halogens is 1. The Morgan fingerprint density at radius 2 is 1.87 bits per heavy atom. The second-order valence-corrected chi connectivity index (χ2v) is 5.91. The zero-order valence-corrected chi connectivity index (χ0v) is 14.4. The first-order valence-corrected chi connectivity index (χ1v) is 7.79. The third-order valence-electron chi connectivity index (χ3n) is 3.06. The lowest BCUT2D eigenvalue weighted by molar-refractivity contribution is -0.121. The van der Waals surface area contributed by atoms with Crippen LogP contribution in [0.5, 0.6) is 5.75 Å². The monoisotopic (exact) mass is 348 g/mol. The Morgan fingerprint density at radius 1 is 1.17 bits per heavy atom. The number of carbonyl (C=O) groups excluding carboxylic acids is 1. The molecule has 0 aliphatic heterocycles. The van der Waals surface area contributed by atoms with Crippen LogP contribution in [0.25, 0.3) is 0 Å². The van der Waals surface area contributed by atoms with Crippen LogP contribution in [-0.2, 0) is 4.79 Å². The predicted molar refractivity (Wildman–Crippen MR) is 97.2 cm³/mol. The molecule has 4 nitrogen and oxygen atoms in total. The fourth-order valence-corrected chi connectivity index (χ4v) is 2.34. The molecule has 1 amide bonds. The fraction of sp³-hybridized carbons (Fsp3) is 0.176. The van der Waals surface area contributed by atoms with Crippen LogP contribution in [0.4, 0.5) is 5.69 Å². The summed E-state index contributed by atoms with van der Waals surface area (Å²) in [5, 5.41) is 6.38. The van der Waals surface area contributed by atoms with Gasteiger partial charge in [0.25, 0.3) is 5.91 Å². The van der Waals surface area contributed by atoms with E-state index < -0.39 is 0 Å². The number of hydrogen-bond donors (Lipinski definition) is 2. The standard InChI is InChI=1S/C17H17ClN2O2S/c1-11-3-6-14(7-4-11)19-17(23)20-16(21)10-22-15-8-5-13(18)9-12(15)2/h3-9H,10H2,1-2H3,(H2,19,20,21,23). The largest absolute Gasteiger partial charge is 0.483 e. The van der Waals surface area contributed by atoms with Crippen LogP contribution < -0.4 is 15.4 Å². The number of hydrogen-bond acceptors (Lipinski definition) is 3. The Hall–Kier alpha value is -2.11. The molecule has 0 fully saturated rings. The molecular weight excluding hydrogens is 332 g/mol. The summed E-state index contributed by atoms with van der Waals surface area (Å²) in [5.41, 5.74) is 2.83. The molecule has 0 radical (unpaired) electrons. The Morgan fingerprint density at radius 3 is 2.52 bits per heavy atom. The lowest BCUT2D eigenvalue weighted by atomic mass is 10.2. The van der Waals surface area contributed by atoms with E-state index in [0.717, 1.165) is 16.8 Å². The second kappa shape index (κ2) is 7.94. The molecule has 0 unspecified atom stereocenters. The van der Waals surface area contributed by atoms with Gasteiger partial charge in [0.05, 0.1) is 0 Å². The van der Waals surface area contributed by atoms with E-state index in [1.807, 2.05) is 38.1 Å². The highest BCUT2D eigenvalue weighted by atomic mass is 35.5. The van der Waals surface area contributed by atoms with Crippen LogP contribution in [0.3, 0.4) is 0 Å². The minimum absolute atomic E-state index is 0.127. The molecule has 2 aromatic carbocycles. The zero-order chi connectivity index (χ0) is 16.8. The van der Waals surface area contributed by atoms with Crippen molar-refractivity contribution in [3.05, 3.63) is 58.6 Å². The fourth-order valence-electron chi connectivity index (χ4n) is 1.88. The maximum atomic E-state index is 11.9. The van der Waals surface area contributed by atoms with Crippen LogP contribution in [0.1, 0.15) is 11.1 Å². The average molecular weight is 349 g/mol. The van der Waals surface area contributed by atoms with Crippen molar-refractivity contribution in [1.82, 2.24) is 5.32 Å². The molecule has 120 valence electrons. The van der Waals surface area contributed by atoms with Gasteiger partial charge in [-0.05, 0) is 62.0 Å². The van der Waals surface area contributed by atoms with E-state index in [-0.39, 0.29) is 17.6 Å². The van der Waals surface area contributed by atoms with Crippen molar-refractivity contribution in [3.63, 3.8) is 0 Å². The van der Waals surface area contributed by atoms with Gasteiger partial charge in [0.1, 0.15) is 5.75 Å². The van der Waals surface area contributed by atoms with Crippen LogP contribution in [0.15, 0.2) is 42.5 Å². The van der Waals surface area contributed by atoms with Crippen molar-refractivity contribution in [2.45, 2.75) is 13.8 Å². The smallest absolute Gasteiger partial charge is 0.264 e. The van der Waals surface area contributed by atoms with Crippen molar-refractivity contribution < 1.29 is 9.53 Å². The number of benzene rings is 2. The van der Waals surface area contributed by atoms with Gasteiger partial charge in [-0.25, -0.2) is 0 Å². The number of thiocarbonyl (C=S) groups is 1. The quantitative estimate of drug-likeness (QED) is 0.824. The van der Waals surface area contributed by atoms with Gasteiger partial charge in [0.2, 0.25) is 0 Å². The Bertz CT molecular complexity index is 717. The molecule has 0 aromatic heterocycles. The van der Waals surface area contributed by atoms with E-state index >= 15 is 0 Å². The summed E-state index contributed by atoms with van der Waals surface area (Å²) in [6.07, 6.45) is 0. The summed E-state index contributed by atoms with van der Waals surface area (Å²) in [7, 11) is 0. The van der Waals surface area contributed by atoms with Gasteiger partial charge in [0.15, 0.2) is 11.7 Å². The summed E-state index contributed by atoms with van der Waals surface area (Å²) in [5.74, 6) is 0.283. The molecule has 0 heterocycles. The van der Waals surface area contributed by atoms with E-state index in [4.69, 9.17) is 28.6 Å². The maximum absolute atomic E-state index is 11.9. The lowest BCUT2D eigenvalue weighted by Gasteiger charge is -2.11. The van der Waals surface area contributed by atoms with E-state index in [2.05, 4.69) is 10.6 Å². The second-order valence-electron chi connectivity index (χ2n) is 5.07. The molecule has 6 heteroatoms. The van der Waals surface area contributed by atoms with Gasteiger partial charge in [0, 0.05) is 10.7 Å².